The van der Waals surface area contributed by atoms with Crippen LogP contribution in [0, 0.1) is 0 Å². The van der Waals surface area contributed by atoms with Crippen LogP contribution in [-0.4, -0.2) is 64.1 Å². The third-order valence-corrected chi connectivity index (χ3v) is 3.56. The summed E-state index contributed by atoms with van der Waals surface area (Å²) in [4.78, 5) is 8.58. The smallest absolute Gasteiger partial charge is 0.229 e. The number of primary amides is 1. The van der Waals surface area contributed by atoms with E-state index in [4.69, 9.17) is 19.4 Å². The second-order valence-electron chi connectivity index (χ2n) is 5.35. The molecule has 1 aliphatic rings. The number of carbonyl (C=O) groups excluding carboxylic acids is 1. The Morgan fingerprint density at radius 3 is 1.96 bits per heavy atom. The van der Waals surface area contributed by atoms with Crippen LogP contribution in [0.5, 0.6) is 5.75 Å². The zero-order chi connectivity index (χ0) is 22.1. The second-order valence-corrected chi connectivity index (χ2v) is 5.35. The second kappa shape index (κ2) is 17.4. The molecule has 164 valence electrons. The first-order valence-corrected chi connectivity index (χ1v) is 9.69. The van der Waals surface area contributed by atoms with Gasteiger partial charge in [-0.3, -0.25) is 4.79 Å². The maximum absolute atomic E-state index is 9.88. The molecule has 0 bridgehead atoms. The summed E-state index contributed by atoms with van der Waals surface area (Å²) in [7, 11) is 0. The molecule has 1 amide bonds. The molecule has 1 saturated heterocycles. The number of aliphatic hydroxyl groups is 4. The Balaban J connectivity index is 0. The van der Waals surface area contributed by atoms with Gasteiger partial charge in [-0.05, 0) is 24.1 Å². The zero-order valence-electron chi connectivity index (χ0n) is 17.5. The molecule has 5 atom stereocenters. The van der Waals surface area contributed by atoms with Crippen LogP contribution >= 0.6 is 0 Å². The molecular formula is C20H37NO7. The van der Waals surface area contributed by atoms with Crippen LogP contribution in [-0.2, 0) is 16.0 Å². The van der Waals surface area contributed by atoms with Crippen molar-refractivity contribution >= 4 is 6.41 Å². The molecule has 8 heteroatoms. The van der Waals surface area contributed by atoms with Crippen molar-refractivity contribution in [3.05, 3.63) is 29.8 Å². The van der Waals surface area contributed by atoms with Gasteiger partial charge in [0.25, 0.3) is 0 Å². The molecular weight excluding hydrogens is 366 g/mol. The minimum atomic E-state index is -1.43. The Morgan fingerprint density at radius 2 is 1.54 bits per heavy atom. The fourth-order valence-corrected chi connectivity index (χ4v) is 2.32. The molecule has 1 aliphatic heterocycles. The molecule has 28 heavy (non-hydrogen) atoms. The van der Waals surface area contributed by atoms with Crippen LogP contribution < -0.4 is 10.5 Å². The topological polar surface area (TPSA) is 142 Å². The Hall–Kier alpha value is -1.71. The van der Waals surface area contributed by atoms with E-state index in [1.807, 2.05) is 39.8 Å². The SMILES string of the molecule is CC.CC.CCCc1ccc(OC2OC(CO)C(O)C(O)C2O)cc1.NC=O. The van der Waals surface area contributed by atoms with Gasteiger partial charge < -0.3 is 35.6 Å². The quantitative estimate of drug-likeness (QED) is 0.461. The number of aliphatic hydroxyl groups excluding tert-OH is 4. The largest absolute Gasteiger partial charge is 0.462 e. The molecule has 1 fully saturated rings. The van der Waals surface area contributed by atoms with E-state index in [2.05, 4.69) is 12.7 Å². The van der Waals surface area contributed by atoms with Crippen molar-refractivity contribution in [2.24, 2.45) is 5.73 Å². The van der Waals surface area contributed by atoms with E-state index in [0.29, 0.717) is 5.75 Å². The predicted molar refractivity (Wildman–Crippen MR) is 108 cm³/mol. The van der Waals surface area contributed by atoms with Crippen molar-refractivity contribution in [2.45, 2.75) is 78.2 Å². The Morgan fingerprint density at radius 1 is 1.04 bits per heavy atom. The highest BCUT2D eigenvalue weighted by molar-refractivity contribution is 5.42. The van der Waals surface area contributed by atoms with E-state index >= 15 is 0 Å². The molecule has 5 unspecified atom stereocenters. The van der Waals surface area contributed by atoms with Crippen LogP contribution in [0.2, 0.25) is 0 Å². The number of aryl methyl sites for hydroxylation is 1. The highest BCUT2D eigenvalue weighted by Crippen LogP contribution is 2.24. The van der Waals surface area contributed by atoms with E-state index in [1.165, 1.54) is 5.56 Å². The highest BCUT2D eigenvalue weighted by Gasteiger charge is 2.44. The summed E-state index contributed by atoms with van der Waals surface area (Å²) < 4.78 is 10.8. The molecule has 1 aromatic rings. The summed E-state index contributed by atoms with van der Waals surface area (Å²) in [6, 6.07) is 7.35. The van der Waals surface area contributed by atoms with Gasteiger partial charge in [-0.2, -0.15) is 0 Å². The average molecular weight is 404 g/mol. The zero-order valence-corrected chi connectivity index (χ0v) is 17.5. The number of amides is 1. The predicted octanol–water partition coefficient (Wildman–Crippen LogP) is 0.972. The number of hydrogen-bond acceptors (Lipinski definition) is 7. The molecule has 8 nitrogen and oxygen atoms in total. The number of ether oxygens (including phenoxy) is 2. The van der Waals surface area contributed by atoms with Gasteiger partial charge in [-0.15, -0.1) is 0 Å². The van der Waals surface area contributed by atoms with Gasteiger partial charge in [-0.1, -0.05) is 53.2 Å². The molecule has 6 N–H and O–H groups in total. The van der Waals surface area contributed by atoms with Gasteiger partial charge in [-0.25, -0.2) is 0 Å². The van der Waals surface area contributed by atoms with Crippen molar-refractivity contribution in [1.29, 1.82) is 0 Å². The molecule has 0 radical (unpaired) electrons. The number of rotatable bonds is 5. The van der Waals surface area contributed by atoms with E-state index in [9.17, 15) is 15.3 Å². The Kier molecular flexibility index (Phi) is 17.7. The van der Waals surface area contributed by atoms with Crippen LogP contribution in [0.3, 0.4) is 0 Å². The van der Waals surface area contributed by atoms with Gasteiger partial charge >= 0.3 is 0 Å². The maximum atomic E-state index is 9.88. The first-order chi connectivity index (χ1) is 13.5. The van der Waals surface area contributed by atoms with Crippen molar-refractivity contribution < 1.29 is 34.7 Å². The summed E-state index contributed by atoms with van der Waals surface area (Å²) in [6.45, 7) is 9.62. The van der Waals surface area contributed by atoms with Crippen LogP contribution in [0.15, 0.2) is 24.3 Å². The van der Waals surface area contributed by atoms with E-state index in [1.54, 1.807) is 12.1 Å². The van der Waals surface area contributed by atoms with E-state index in [-0.39, 0.29) is 6.41 Å². The Labute approximate surface area is 167 Å². The fraction of sp³-hybridized carbons (Fsp3) is 0.650. The number of hydrogen-bond donors (Lipinski definition) is 5. The van der Waals surface area contributed by atoms with Gasteiger partial charge in [0.15, 0.2) is 0 Å². The van der Waals surface area contributed by atoms with Crippen LogP contribution in [0.1, 0.15) is 46.6 Å². The third-order valence-electron chi connectivity index (χ3n) is 3.56. The molecule has 0 aliphatic carbocycles. The lowest BCUT2D eigenvalue weighted by Gasteiger charge is -2.39. The number of benzene rings is 1. The molecule has 0 spiro atoms. The van der Waals surface area contributed by atoms with E-state index in [0.717, 1.165) is 12.8 Å². The lowest BCUT2D eigenvalue weighted by molar-refractivity contribution is -0.277. The molecule has 1 aromatic carbocycles. The van der Waals surface area contributed by atoms with Gasteiger partial charge in [0.2, 0.25) is 12.7 Å². The lowest BCUT2D eigenvalue weighted by atomic mass is 9.99. The highest BCUT2D eigenvalue weighted by atomic mass is 16.7. The lowest BCUT2D eigenvalue weighted by Crippen LogP contribution is -2.60. The number of nitrogens with two attached hydrogens (primary N) is 1. The normalized spacial score (nSPS) is 25.5. The average Bonchev–Trinajstić information content (AvgIpc) is 2.73. The van der Waals surface area contributed by atoms with Crippen molar-refractivity contribution in [1.82, 2.24) is 0 Å². The van der Waals surface area contributed by atoms with Gasteiger partial charge in [0.05, 0.1) is 6.61 Å². The van der Waals surface area contributed by atoms with Crippen molar-refractivity contribution in [3.63, 3.8) is 0 Å². The summed E-state index contributed by atoms with van der Waals surface area (Å²) >= 11 is 0. The van der Waals surface area contributed by atoms with Gasteiger partial charge in [0.1, 0.15) is 30.2 Å². The summed E-state index contributed by atoms with van der Waals surface area (Å²) in [6.07, 6.45) is -4.03. The first kappa shape index (κ1) is 28.5. The van der Waals surface area contributed by atoms with E-state index < -0.39 is 37.3 Å². The molecule has 0 aromatic heterocycles. The maximum Gasteiger partial charge on any atom is 0.229 e. The Bertz CT molecular complexity index is 482. The summed E-state index contributed by atoms with van der Waals surface area (Å²) in [5.41, 5.74) is 5.35. The fourth-order valence-electron chi connectivity index (χ4n) is 2.32. The minimum absolute atomic E-state index is 0.250. The monoisotopic (exact) mass is 403 g/mol. The van der Waals surface area contributed by atoms with Crippen molar-refractivity contribution in [2.75, 3.05) is 6.61 Å². The van der Waals surface area contributed by atoms with Crippen molar-refractivity contribution in [3.8, 4) is 5.75 Å². The van der Waals surface area contributed by atoms with Gasteiger partial charge in [0, 0.05) is 0 Å². The standard InChI is InChI=1S/C15H22O6.2C2H6.CH3NO/c1-2-3-9-4-6-10(7-5-9)20-15-14(19)13(18)12(17)11(8-16)21-15;2*1-2;2-1-3/h4-7,11-19H,2-3,8H2,1H3;2*1-2H3;1H,(H2,2,3). The third kappa shape index (κ3) is 9.48. The summed E-state index contributed by atoms with van der Waals surface area (Å²) in [5, 5.41) is 38.4. The number of carbonyl (C=O) groups is 1. The van der Waals surface area contributed by atoms with Crippen LogP contribution in [0.4, 0.5) is 0 Å². The van der Waals surface area contributed by atoms with Crippen LogP contribution in [0.25, 0.3) is 0 Å². The first-order valence-electron chi connectivity index (χ1n) is 9.69. The molecule has 0 saturated carbocycles. The summed E-state index contributed by atoms with van der Waals surface area (Å²) in [5.74, 6) is 0.485. The molecule has 2 rings (SSSR count). The minimum Gasteiger partial charge on any atom is -0.462 e. The molecule has 1 heterocycles.